The van der Waals surface area contributed by atoms with Gasteiger partial charge < -0.3 is 10.0 Å². The number of anilines is 1. The minimum atomic E-state index is -0.173. The molecule has 108 valence electrons. The Morgan fingerprint density at radius 1 is 1.19 bits per heavy atom. The van der Waals surface area contributed by atoms with Crippen molar-refractivity contribution in [1.29, 1.82) is 0 Å². The molecule has 3 heterocycles. The van der Waals surface area contributed by atoms with E-state index in [9.17, 15) is 5.11 Å². The highest BCUT2D eigenvalue weighted by molar-refractivity contribution is 5.91. The molecule has 5 heteroatoms. The highest BCUT2D eigenvalue weighted by atomic mass is 16.3. The van der Waals surface area contributed by atoms with Crippen LogP contribution in [0, 0.1) is 6.92 Å². The number of hydrogen-bond donors (Lipinski definition) is 1. The van der Waals surface area contributed by atoms with Gasteiger partial charge in [-0.25, -0.2) is 9.50 Å². The number of aliphatic hydroxyl groups is 1. The third-order valence-corrected chi connectivity index (χ3v) is 4.17. The Morgan fingerprint density at radius 3 is 2.76 bits per heavy atom. The van der Waals surface area contributed by atoms with Crippen molar-refractivity contribution in [1.82, 2.24) is 14.6 Å². The van der Waals surface area contributed by atoms with Crippen molar-refractivity contribution >= 4 is 22.4 Å². The molecule has 5 nitrogen and oxygen atoms in total. The van der Waals surface area contributed by atoms with Gasteiger partial charge in [0.05, 0.1) is 17.3 Å². The summed E-state index contributed by atoms with van der Waals surface area (Å²) < 4.78 is 1.91. The molecule has 21 heavy (non-hydrogen) atoms. The first-order chi connectivity index (χ1) is 10.2. The van der Waals surface area contributed by atoms with Gasteiger partial charge in [-0.1, -0.05) is 12.1 Å². The number of para-hydroxylation sites is 1. The third-order valence-electron chi connectivity index (χ3n) is 4.17. The summed E-state index contributed by atoms with van der Waals surface area (Å²) in [5.74, 6) is 1.00. The second kappa shape index (κ2) is 4.70. The molecule has 1 aliphatic heterocycles. The fraction of sp³-hybridized carbons (Fsp3) is 0.375. The van der Waals surface area contributed by atoms with Crippen LogP contribution in [0.25, 0.3) is 16.6 Å². The van der Waals surface area contributed by atoms with Crippen molar-refractivity contribution in [2.45, 2.75) is 25.9 Å². The van der Waals surface area contributed by atoms with E-state index in [1.165, 1.54) is 0 Å². The zero-order valence-electron chi connectivity index (χ0n) is 12.0. The smallest absolute Gasteiger partial charge is 0.158 e. The number of aryl methyl sites for hydroxylation is 1. The number of piperidine rings is 1. The summed E-state index contributed by atoms with van der Waals surface area (Å²) in [6.07, 6.45) is 1.44. The van der Waals surface area contributed by atoms with E-state index in [0.717, 1.165) is 54.0 Å². The SMILES string of the molecule is Cc1cc2nc(N3CCC(O)CC3)c3ccccc3n2n1. The summed E-state index contributed by atoms with van der Waals surface area (Å²) in [5.41, 5.74) is 2.93. The third kappa shape index (κ3) is 2.05. The largest absolute Gasteiger partial charge is 0.393 e. The van der Waals surface area contributed by atoms with Gasteiger partial charge in [0, 0.05) is 24.5 Å². The average molecular weight is 282 g/mol. The lowest BCUT2D eigenvalue weighted by Gasteiger charge is -2.31. The van der Waals surface area contributed by atoms with E-state index in [1.807, 2.05) is 29.6 Å². The molecule has 0 bridgehead atoms. The maximum absolute atomic E-state index is 9.70. The van der Waals surface area contributed by atoms with Crippen molar-refractivity contribution in [3.05, 3.63) is 36.0 Å². The molecule has 0 saturated carbocycles. The lowest BCUT2D eigenvalue weighted by molar-refractivity contribution is 0.145. The molecule has 0 atom stereocenters. The minimum absolute atomic E-state index is 0.173. The van der Waals surface area contributed by atoms with Gasteiger partial charge in [0.15, 0.2) is 5.65 Å². The maximum atomic E-state index is 9.70. The molecule has 1 fully saturated rings. The molecule has 0 unspecified atom stereocenters. The molecule has 0 radical (unpaired) electrons. The van der Waals surface area contributed by atoms with E-state index in [-0.39, 0.29) is 6.10 Å². The molecule has 1 saturated heterocycles. The van der Waals surface area contributed by atoms with Gasteiger partial charge in [-0.15, -0.1) is 0 Å². The van der Waals surface area contributed by atoms with Crippen molar-refractivity contribution in [2.75, 3.05) is 18.0 Å². The Labute approximate surface area is 122 Å². The van der Waals surface area contributed by atoms with Crippen LogP contribution < -0.4 is 4.90 Å². The highest BCUT2D eigenvalue weighted by Gasteiger charge is 2.21. The first-order valence-corrected chi connectivity index (χ1v) is 7.40. The number of hydrogen-bond acceptors (Lipinski definition) is 4. The molecule has 0 aliphatic carbocycles. The number of rotatable bonds is 1. The van der Waals surface area contributed by atoms with Gasteiger partial charge in [-0.2, -0.15) is 5.10 Å². The van der Waals surface area contributed by atoms with Crippen LogP contribution >= 0.6 is 0 Å². The maximum Gasteiger partial charge on any atom is 0.158 e. The Kier molecular flexibility index (Phi) is 2.82. The van der Waals surface area contributed by atoms with Crippen molar-refractivity contribution in [3.8, 4) is 0 Å². The van der Waals surface area contributed by atoms with Crippen LogP contribution in [0.1, 0.15) is 18.5 Å². The molecule has 1 N–H and O–H groups in total. The van der Waals surface area contributed by atoms with Gasteiger partial charge in [0.2, 0.25) is 0 Å². The summed E-state index contributed by atoms with van der Waals surface area (Å²) in [4.78, 5) is 7.09. The van der Waals surface area contributed by atoms with Crippen LogP contribution in [0.15, 0.2) is 30.3 Å². The van der Waals surface area contributed by atoms with Crippen LogP contribution in [-0.4, -0.2) is 38.9 Å². The molecule has 0 spiro atoms. The average Bonchev–Trinajstić information content (AvgIpc) is 2.88. The van der Waals surface area contributed by atoms with Crippen LogP contribution in [0.2, 0.25) is 0 Å². The molecule has 2 aromatic heterocycles. The first kappa shape index (κ1) is 12.6. The molecular formula is C16H18N4O. The first-order valence-electron chi connectivity index (χ1n) is 7.40. The fourth-order valence-electron chi connectivity index (χ4n) is 3.08. The quantitative estimate of drug-likeness (QED) is 0.743. The summed E-state index contributed by atoms with van der Waals surface area (Å²) in [6, 6.07) is 10.3. The lowest BCUT2D eigenvalue weighted by atomic mass is 10.1. The van der Waals surface area contributed by atoms with E-state index in [0.29, 0.717) is 0 Å². The number of nitrogens with zero attached hydrogens (tertiary/aromatic N) is 4. The standard InChI is InChI=1S/C16H18N4O/c1-11-10-15-17-16(19-8-6-12(21)7-9-19)13-4-2-3-5-14(13)20(15)18-11/h2-5,10,12,21H,6-9H2,1H3. The summed E-state index contributed by atoms with van der Waals surface area (Å²) in [5, 5.41) is 15.4. The van der Waals surface area contributed by atoms with Crippen LogP contribution in [0.4, 0.5) is 5.82 Å². The van der Waals surface area contributed by atoms with E-state index < -0.39 is 0 Å². The van der Waals surface area contributed by atoms with E-state index in [1.54, 1.807) is 0 Å². The number of benzene rings is 1. The summed E-state index contributed by atoms with van der Waals surface area (Å²) >= 11 is 0. The summed E-state index contributed by atoms with van der Waals surface area (Å²) in [7, 11) is 0. The molecule has 1 aliphatic rings. The molecule has 4 rings (SSSR count). The predicted octanol–water partition coefficient (Wildman–Crippen LogP) is 2.15. The Bertz CT molecular complexity index is 802. The topological polar surface area (TPSA) is 53.7 Å². The van der Waals surface area contributed by atoms with Gasteiger partial charge in [-0.3, -0.25) is 0 Å². The summed E-state index contributed by atoms with van der Waals surface area (Å²) in [6.45, 7) is 3.68. The van der Waals surface area contributed by atoms with Crippen molar-refractivity contribution < 1.29 is 5.11 Å². The Hall–Kier alpha value is -2.14. The zero-order valence-corrected chi connectivity index (χ0v) is 12.0. The number of aromatic nitrogens is 3. The van der Waals surface area contributed by atoms with Crippen LogP contribution in [0.5, 0.6) is 0 Å². The van der Waals surface area contributed by atoms with E-state index in [2.05, 4.69) is 22.1 Å². The van der Waals surface area contributed by atoms with Gasteiger partial charge in [0.25, 0.3) is 0 Å². The zero-order chi connectivity index (χ0) is 14.4. The number of fused-ring (bicyclic) bond motifs is 3. The van der Waals surface area contributed by atoms with Gasteiger partial charge >= 0.3 is 0 Å². The predicted molar refractivity (Wildman–Crippen MR) is 82.7 cm³/mol. The highest BCUT2D eigenvalue weighted by Crippen LogP contribution is 2.28. The van der Waals surface area contributed by atoms with Crippen molar-refractivity contribution in [3.63, 3.8) is 0 Å². The van der Waals surface area contributed by atoms with Crippen LogP contribution in [0.3, 0.4) is 0 Å². The molecule has 3 aromatic rings. The van der Waals surface area contributed by atoms with Gasteiger partial charge in [0.1, 0.15) is 5.82 Å². The monoisotopic (exact) mass is 282 g/mol. The Balaban J connectivity index is 1.93. The second-order valence-electron chi connectivity index (χ2n) is 5.73. The van der Waals surface area contributed by atoms with Gasteiger partial charge in [-0.05, 0) is 31.9 Å². The fourth-order valence-corrected chi connectivity index (χ4v) is 3.08. The minimum Gasteiger partial charge on any atom is -0.393 e. The van der Waals surface area contributed by atoms with Crippen LogP contribution in [-0.2, 0) is 0 Å². The lowest BCUT2D eigenvalue weighted by Crippen LogP contribution is -2.36. The van der Waals surface area contributed by atoms with E-state index >= 15 is 0 Å². The van der Waals surface area contributed by atoms with E-state index in [4.69, 9.17) is 4.98 Å². The normalized spacial score (nSPS) is 17.0. The molecular weight excluding hydrogens is 264 g/mol. The van der Waals surface area contributed by atoms with Crippen molar-refractivity contribution in [2.24, 2.45) is 0 Å². The number of aliphatic hydroxyl groups excluding tert-OH is 1. The molecule has 0 amide bonds. The second-order valence-corrected chi connectivity index (χ2v) is 5.73. The molecule has 1 aromatic carbocycles. The Morgan fingerprint density at radius 2 is 1.95 bits per heavy atom.